The van der Waals surface area contributed by atoms with Crippen LogP contribution in [0.3, 0.4) is 0 Å². The lowest BCUT2D eigenvalue weighted by molar-refractivity contribution is -0.571. The summed E-state index contributed by atoms with van der Waals surface area (Å²) in [6.45, 7) is 12.6. The zero-order valence-corrected chi connectivity index (χ0v) is 31.3. The predicted octanol–water partition coefficient (Wildman–Crippen LogP) is 7.76. The number of halogens is 2. The van der Waals surface area contributed by atoms with Crippen LogP contribution < -0.4 is 5.32 Å². The molecular weight excluding hydrogens is 694 g/mol. The molecule has 2 saturated carbocycles. The molecule has 53 heavy (non-hydrogen) atoms. The summed E-state index contributed by atoms with van der Waals surface area (Å²) in [5.41, 5.74) is -1.19. The molecule has 1 aromatic rings. The number of hydrogen-bond acceptors (Lipinski definition) is 11. The number of oxime groups is 1. The molecule has 1 N–H and O–H groups in total. The van der Waals surface area contributed by atoms with Gasteiger partial charge in [-0.1, -0.05) is 32.9 Å². The third-order valence-corrected chi connectivity index (χ3v) is 14.5. The number of rotatable bonds is 5. The highest BCUT2D eigenvalue weighted by Crippen LogP contribution is 2.63. The Morgan fingerprint density at radius 3 is 1.89 bits per heavy atom. The van der Waals surface area contributed by atoms with E-state index >= 15 is 0 Å². The van der Waals surface area contributed by atoms with E-state index in [-0.39, 0.29) is 47.6 Å². The largest absolute Gasteiger partial charge is 0.437 e. The fourth-order valence-corrected chi connectivity index (χ4v) is 11.8. The molecule has 10 aliphatic rings. The van der Waals surface area contributed by atoms with Crippen molar-refractivity contribution in [1.82, 2.24) is 0 Å². The summed E-state index contributed by atoms with van der Waals surface area (Å²) in [5.74, 6) is -2.51. The average Bonchev–Trinajstić information content (AvgIpc) is 3.48. The van der Waals surface area contributed by atoms with E-state index in [1.807, 2.05) is 13.8 Å². The minimum absolute atomic E-state index is 0.00984. The lowest BCUT2D eigenvalue weighted by atomic mass is 9.56. The van der Waals surface area contributed by atoms with Gasteiger partial charge in [-0.05, 0) is 100 Å². The molecule has 0 radical (unpaired) electrons. The molecule has 8 heterocycles. The fourth-order valence-electron chi connectivity index (χ4n) is 11.8. The number of nitrogens with zero attached hydrogens (tertiary/aromatic N) is 1. The zero-order valence-electron chi connectivity index (χ0n) is 31.3. The number of amides is 1. The van der Waals surface area contributed by atoms with Gasteiger partial charge in [-0.15, -0.1) is 0 Å². The molecule has 2 aliphatic carbocycles. The van der Waals surface area contributed by atoms with Crippen molar-refractivity contribution in [2.24, 2.45) is 52.5 Å². The molecule has 1 aromatic carbocycles. The fraction of sp³-hybridized carbons (Fsp3) is 0.795. The first-order valence-electron chi connectivity index (χ1n) is 19.6. The highest BCUT2D eigenvalue weighted by molar-refractivity contribution is 5.91. The van der Waals surface area contributed by atoms with Gasteiger partial charge >= 0.3 is 6.09 Å². The van der Waals surface area contributed by atoms with Crippen LogP contribution in [0.15, 0.2) is 23.4 Å². The van der Waals surface area contributed by atoms with Crippen molar-refractivity contribution < 1.29 is 56.9 Å². The topological polar surface area (TPSA) is 125 Å². The van der Waals surface area contributed by atoms with Crippen molar-refractivity contribution in [3.05, 3.63) is 29.8 Å². The van der Waals surface area contributed by atoms with Crippen LogP contribution in [-0.4, -0.2) is 59.4 Å². The molecule has 1 amide bonds. The van der Waals surface area contributed by atoms with Crippen molar-refractivity contribution in [1.29, 1.82) is 0 Å². The predicted molar refractivity (Wildman–Crippen MR) is 182 cm³/mol. The van der Waals surface area contributed by atoms with Crippen molar-refractivity contribution in [2.75, 3.05) is 5.32 Å². The first kappa shape index (κ1) is 36.3. The minimum Gasteiger partial charge on any atom is -0.345 e. The van der Waals surface area contributed by atoms with Crippen molar-refractivity contribution in [2.45, 2.75) is 147 Å². The molecule has 16 atom stereocenters. The normalized spacial score (nSPS) is 50.0. The summed E-state index contributed by atoms with van der Waals surface area (Å²) >= 11 is 0. The summed E-state index contributed by atoms with van der Waals surface area (Å²) in [4.78, 5) is 43.5. The van der Waals surface area contributed by atoms with E-state index in [0.717, 1.165) is 56.7 Å². The number of nitrogens with one attached hydrogen (secondary N) is 1. The standard InChI is InChI=1S/C39H52F2N2O10/c1-19-7-9-28-21(3)31(45-33-38(28)26(19)11-13-36(5,47-33)50-52-38)18-30(43-49-35(44)42-25-16-23(40)15-24(41)17-25)32-22(4)29-10-8-20(2)27-12-14-37(6)48-34(46-32)39(27,29)53-51-37/h15-17,19-22,26-29,31-34H,7-14,18H2,1-6H3,(H,42,44)/b43-30-/t19-,20-,21-,22-,26+,27+,28+,29+,31-,32+,33-,34-,36+,37+,38?,39?/m1/s1. The lowest BCUT2D eigenvalue weighted by Gasteiger charge is -2.61. The van der Waals surface area contributed by atoms with Crippen molar-refractivity contribution in [3.8, 4) is 0 Å². The Bertz CT molecular complexity index is 1630. The van der Waals surface area contributed by atoms with E-state index in [9.17, 15) is 13.6 Å². The van der Waals surface area contributed by atoms with Crippen LogP contribution in [0.4, 0.5) is 19.3 Å². The maximum Gasteiger partial charge on any atom is 0.437 e. The summed E-state index contributed by atoms with van der Waals surface area (Å²) < 4.78 is 55.1. The van der Waals surface area contributed by atoms with Crippen LogP contribution in [0.2, 0.25) is 0 Å². The monoisotopic (exact) mass is 746 g/mol. The van der Waals surface area contributed by atoms with Gasteiger partial charge in [0.05, 0.1) is 11.8 Å². The van der Waals surface area contributed by atoms with Crippen LogP contribution in [0.5, 0.6) is 0 Å². The number of hydrogen-bond donors (Lipinski definition) is 1. The molecule has 2 unspecified atom stereocenters. The second kappa shape index (κ2) is 12.9. The van der Waals surface area contributed by atoms with E-state index in [4.69, 9.17) is 43.3 Å². The average molecular weight is 747 g/mol. The summed E-state index contributed by atoms with van der Waals surface area (Å²) in [6.07, 6.45) is 3.79. The van der Waals surface area contributed by atoms with Gasteiger partial charge < -0.3 is 18.9 Å². The van der Waals surface area contributed by atoms with Crippen LogP contribution >= 0.6 is 0 Å². The molecule has 4 bridgehead atoms. The number of anilines is 1. The number of benzene rings is 1. The summed E-state index contributed by atoms with van der Waals surface area (Å²) in [6, 6.07) is 2.72. The Hall–Kier alpha value is -2.30. The zero-order chi connectivity index (χ0) is 37.1. The van der Waals surface area contributed by atoms with Gasteiger partial charge in [0.1, 0.15) is 17.7 Å². The Kier molecular flexibility index (Phi) is 8.83. The van der Waals surface area contributed by atoms with E-state index < -0.39 is 65.3 Å². The van der Waals surface area contributed by atoms with Crippen LogP contribution in [0.25, 0.3) is 0 Å². The van der Waals surface area contributed by atoms with Gasteiger partial charge in [-0.2, -0.15) is 0 Å². The Labute approximate surface area is 308 Å². The first-order valence-corrected chi connectivity index (χ1v) is 19.6. The van der Waals surface area contributed by atoms with Gasteiger partial charge in [0.15, 0.2) is 23.8 Å². The van der Waals surface area contributed by atoms with Gasteiger partial charge in [0.2, 0.25) is 11.6 Å². The molecule has 11 rings (SSSR count). The highest BCUT2D eigenvalue weighted by Gasteiger charge is 2.71. The quantitative estimate of drug-likeness (QED) is 0.138. The molecular formula is C39H52F2N2O10. The van der Waals surface area contributed by atoms with Gasteiger partial charge in [0, 0.05) is 42.9 Å². The Morgan fingerprint density at radius 1 is 0.755 bits per heavy atom. The van der Waals surface area contributed by atoms with Gasteiger partial charge in [-0.3, -0.25) is 10.2 Å². The van der Waals surface area contributed by atoms with E-state index in [1.54, 1.807) is 0 Å². The van der Waals surface area contributed by atoms with Crippen LogP contribution in [0.1, 0.15) is 99.3 Å². The number of carbonyl (C=O) groups excluding carboxylic acids is 1. The van der Waals surface area contributed by atoms with Gasteiger partial charge in [0.25, 0.3) is 0 Å². The lowest BCUT2D eigenvalue weighted by Crippen LogP contribution is -2.71. The van der Waals surface area contributed by atoms with E-state index in [2.05, 4.69) is 38.2 Å². The maximum absolute atomic E-state index is 13.9. The SMILES string of the molecule is C[C@H]1[C@@H](/C(C[C@H]2O[C@@H]3O[C@]4(C)CC[C@H]5[C@H](C)CC[C@@H]([C@H]2C)C35OO4)=N\OC(=O)Nc2cc(F)cc(F)c2)O[C@@H]2O[C@]3(C)CC[C@H]4[C@H](C)CC[C@@H]1C24OO3. The minimum atomic E-state index is -1.00. The van der Waals surface area contributed by atoms with Crippen LogP contribution in [0, 0.1) is 59.0 Å². The van der Waals surface area contributed by atoms with Crippen molar-refractivity contribution in [3.63, 3.8) is 0 Å². The number of fused-ring (bicyclic) bond motifs is 4. The molecule has 0 aromatic heterocycles. The van der Waals surface area contributed by atoms with Crippen LogP contribution in [-0.2, 0) is 43.3 Å². The van der Waals surface area contributed by atoms with Gasteiger partial charge in [-0.25, -0.2) is 33.1 Å². The molecule has 292 valence electrons. The molecule has 10 fully saturated rings. The smallest absolute Gasteiger partial charge is 0.345 e. The Morgan fingerprint density at radius 2 is 1.30 bits per heavy atom. The molecule has 8 saturated heterocycles. The number of carbonyl (C=O) groups is 1. The second-order valence-corrected chi connectivity index (χ2v) is 17.7. The van der Waals surface area contributed by atoms with E-state index in [0.29, 0.717) is 30.4 Å². The van der Waals surface area contributed by atoms with Crippen molar-refractivity contribution >= 4 is 17.5 Å². The highest BCUT2D eigenvalue weighted by atomic mass is 19.1. The Balaban J connectivity index is 1.05. The molecule has 14 heteroatoms. The third kappa shape index (κ3) is 5.71. The first-order chi connectivity index (χ1) is 25.2. The molecule has 8 aliphatic heterocycles. The molecule has 2 spiro atoms. The number of ether oxygens (including phenoxy) is 4. The second-order valence-electron chi connectivity index (χ2n) is 17.7. The summed E-state index contributed by atoms with van der Waals surface area (Å²) in [7, 11) is 0. The maximum atomic E-state index is 13.9. The summed E-state index contributed by atoms with van der Waals surface area (Å²) in [5, 5.41) is 6.88. The molecule has 12 nitrogen and oxygen atoms in total. The third-order valence-electron chi connectivity index (χ3n) is 14.5. The van der Waals surface area contributed by atoms with E-state index in [1.165, 1.54) is 0 Å².